The van der Waals surface area contributed by atoms with Crippen LogP contribution >= 0.6 is 0 Å². The van der Waals surface area contributed by atoms with E-state index in [4.69, 9.17) is 5.90 Å². The van der Waals surface area contributed by atoms with Crippen molar-refractivity contribution >= 4 is 26.9 Å². The Kier molecular flexibility index (Phi) is 7.67. The summed E-state index contributed by atoms with van der Waals surface area (Å²) in [7, 11) is -2.66. The first-order valence-corrected chi connectivity index (χ1v) is 13.0. The summed E-state index contributed by atoms with van der Waals surface area (Å²) in [5.41, 5.74) is 0.828. The molecule has 0 aliphatic rings. The fourth-order valence-corrected chi connectivity index (χ4v) is 5.36. The van der Waals surface area contributed by atoms with E-state index in [9.17, 15) is 22.8 Å². The molecule has 0 saturated heterocycles. The lowest BCUT2D eigenvalue weighted by atomic mass is 10.1. The number of fused-ring (bicyclic) bond motifs is 1. The highest BCUT2D eigenvalue weighted by Crippen LogP contribution is 2.22. The Labute approximate surface area is 212 Å². The van der Waals surface area contributed by atoms with E-state index in [2.05, 4.69) is 9.56 Å². The van der Waals surface area contributed by atoms with Crippen molar-refractivity contribution in [2.75, 3.05) is 0 Å². The quantitative estimate of drug-likeness (QED) is 0.322. The number of hydrogen-bond donors (Lipinski definition) is 2. The number of para-hydroxylation sites is 1. The van der Waals surface area contributed by atoms with Crippen molar-refractivity contribution in [3.05, 3.63) is 99.7 Å². The fraction of sp³-hybridized carbons (Fsp3) is 0.192. The van der Waals surface area contributed by atoms with Gasteiger partial charge in [-0.25, -0.2) is 17.8 Å². The Hall–Kier alpha value is -4.06. The Morgan fingerprint density at radius 2 is 1.57 bits per heavy atom. The Bertz CT molecular complexity index is 1650. The normalized spacial score (nSPS) is 12.4. The number of benzene rings is 3. The number of hydrogen-bond acceptors (Lipinski definition) is 7. The van der Waals surface area contributed by atoms with E-state index in [1.807, 2.05) is 30.3 Å². The minimum absolute atomic E-state index is 0.0378. The molecule has 10 nitrogen and oxygen atoms in total. The second-order valence-corrected chi connectivity index (χ2v) is 10.2. The van der Waals surface area contributed by atoms with Gasteiger partial charge in [0.05, 0.1) is 15.8 Å². The van der Waals surface area contributed by atoms with E-state index in [0.717, 1.165) is 15.7 Å². The lowest BCUT2D eigenvalue weighted by Crippen LogP contribution is -2.47. The molecule has 0 amide bonds. The molecule has 0 aliphatic carbocycles. The van der Waals surface area contributed by atoms with Gasteiger partial charge in [-0.3, -0.25) is 14.2 Å². The zero-order valence-corrected chi connectivity index (χ0v) is 20.9. The summed E-state index contributed by atoms with van der Waals surface area (Å²) >= 11 is 0. The number of nitrogens with zero attached hydrogens (tertiary/aromatic N) is 2. The summed E-state index contributed by atoms with van der Waals surface area (Å²) in [6, 6.07) is 22.3. The maximum atomic E-state index is 13.3. The molecule has 1 heterocycles. The van der Waals surface area contributed by atoms with Crippen LogP contribution in [0, 0.1) is 0 Å². The van der Waals surface area contributed by atoms with E-state index < -0.39 is 33.4 Å². The summed E-state index contributed by atoms with van der Waals surface area (Å²) in [5, 5.41) is 0.252. The molecule has 11 heteroatoms. The van der Waals surface area contributed by atoms with Crippen LogP contribution in [0.5, 0.6) is 0 Å². The monoisotopic (exact) mass is 522 g/mol. The molecular formula is C26H26N4O6S. The molecule has 37 heavy (non-hydrogen) atoms. The highest BCUT2D eigenvalue weighted by molar-refractivity contribution is 7.89. The van der Waals surface area contributed by atoms with Crippen LogP contribution in [0.3, 0.4) is 0 Å². The first kappa shape index (κ1) is 26.0. The van der Waals surface area contributed by atoms with Gasteiger partial charge in [-0.15, -0.1) is 0 Å². The minimum Gasteiger partial charge on any atom is -0.373 e. The maximum Gasteiger partial charge on any atom is 0.332 e. The van der Waals surface area contributed by atoms with Crippen molar-refractivity contribution in [1.29, 1.82) is 0 Å². The summed E-state index contributed by atoms with van der Waals surface area (Å²) in [6.07, 6.45) is -1.31. The standard InChI is InChI=1S/C26H26N4O6S/c1-29-22-11-6-5-10-21(22)25(32)30(26(29)33)23(12-7-13-24(31)36-27)28-37(34,35)20-16-14-19(15-17-20)18-8-3-2-4-9-18/h2-6,8-11,14-17,23,28H,7,12-13,27H2,1H3. The third kappa shape index (κ3) is 5.53. The zero-order valence-electron chi connectivity index (χ0n) is 20.0. The van der Waals surface area contributed by atoms with Crippen molar-refractivity contribution in [3.8, 4) is 11.1 Å². The number of nitrogens with two attached hydrogens (primary N) is 1. The van der Waals surface area contributed by atoms with E-state index in [1.165, 1.54) is 23.7 Å². The number of sulfonamides is 1. The average molecular weight is 523 g/mol. The molecule has 3 aromatic carbocycles. The summed E-state index contributed by atoms with van der Waals surface area (Å²) in [4.78, 5) is 42.2. The van der Waals surface area contributed by atoms with E-state index in [1.54, 1.807) is 36.4 Å². The molecule has 0 aliphatic heterocycles. The summed E-state index contributed by atoms with van der Waals surface area (Å²) in [6.45, 7) is 0. The van der Waals surface area contributed by atoms with Gasteiger partial charge in [-0.2, -0.15) is 10.6 Å². The highest BCUT2D eigenvalue weighted by atomic mass is 32.2. The van der Waals surface area contributed by atoms with Crippen LogP contribution in [0.2, 0.25) is 0 Å². The van der Waals surface area contributed by atoms with Crippen molar-refractivity contribution in [2.24, 2.45) is 12.9 Å². The topological polar surface area (TPSA) is 142 Å². The molecule has 0 fully saturated rings. The molecule has 4 aromatic rings. The SMILES string of the molecule is Cn1c(=O)n(C(CCCC(=O)ON)NS(=O)(=O)c2ccc(-c3ccccc3)cc2)c(=O)c2ccccc21. The first-order chi connectivity index (χ1) is 17.7. The van der Waals surface area contributed by atoms with Crippen LogP contribution in [0.1, 0.15) is 25.4 Å². The zero-order chi connectivity index (χ0) is 26.6. The number of carbonyl (C=O) groups excluding carboxylic acids is 1. The lowest BCUT2D eigenvalue weighted by molar-refractivity contribution is -0.144. The van der Waals surface area contributed by atoms with Crippen LogP contribution in [0.4, 0.5) is 0 Å². The number of aromatic nitrogens is 2. The van der Waals surface area contributed by atoms with Gasteiger partial charge in [0.1, 0.15) is 6.17 Å². The molecule has 0 spiro atoms. The number of aryl methyl sites for hydroxylation is 1. The van der Waals surface area contributed by atoms with Crippen molar-refractivity contribution in [1.82, 2.24) is 13.9 Å². The van der Waals surface area contributed by atoms with E-state index in [-0.39, 0.29) is 29.5 Å². The Balaban J connectivity index is 1.72. The van der Waals surface area contributed by atoms with Crippen molar-refractivity contribution < 1.29 is 18.0 Å². The van der Waals surface area contributed by atoms with Gasteiger partial charge in [0.15, 0.2) is 0 Å². The number of rotatable bonds is 9. The summed E-state index contributed by atoms with van der Waals surface area (Å²) in [5.74, 6) is 4.20. The fourth-order valence-electron chi connectivity index (χ4n) is 4.15. The summed E-state index contributed by atoms with van der Waals surface area (Å²) < 4.78 is 31.3. The van der Waals surface area contributed by atoms with Gasteiger partial charge >= 0.3 is 11.7 Å². The Morgan fingerprint density at radius 1 is 0.946 bits per heavy atom. The minimum atomic E-state index is -4.16. The second-order valence-electron chi connectivity index (χ2n) is 8.44. The van der Waals surface area contributed by atoms with Crippen LogP contribution in [-0.2, 0) is 26.7 Å². The van der Waals surface area contributed by atoms with Gasteiger partial charge in [-0.05, 0) is 48.2 Å². The number of nitrogens with one attached hydrogen (secondary N) is 1. The van der Waals surface area contributed by atoms with Gasteiger partial charge < -0.3 is 4.84 Å². The first-order valence-electron chi connectivity index (χ1n) is 11.5. The van der Waals surface area contributed by atoms with Crippen LogP contribution in [0.15, 0.2) is 93.3 Å². The van der Waals surface area contributed by atoms with Gasteiger partial charge in [0.2, 0.25) is 10.0 Å². The molecule has 3 N–H and O–H groups in total. The molecule has 192 valence electrons. The predicted molar refractivity (Wildman–Crippen MR) is 139 cm³/mol. The third-order valence-corrected chi connectivity index (χ3v) is 7.55. The second kappa shape index (κ2) is 10.9. The number of carbonyl (C=O) groups is 1. The lowest BCUT2D eigenvalue weighted by Gasteiger charge is -2.22. The molecule has 0 bridgehead atoms. The molecule has 1 unspecified atom stereocenters. The largest absolute Gasteiger partial charge is 0.373 e. The molecule has 4 rings (SSSR count). The molecular weight excluding hydrogens is 496 g/mol. The molecule has 0 radical (unpaired) electrons. The van der Waals surface area contributed by atoms with E-state index >= 15 is 0 Å². The highest BCUT2D eigenvalue weighted by Gasteiger charge is 2.25. The van der Waals surface area contributed by atoms with Gasteiger partial charge in [0, 0.05) is 13.5 Å². The van der Waals surface area contributed by atoms with Crippen LogP contribution in [-0.4, -0.2) is 23.5 Å². The molecule has 0 saturated carbocycles. The van der Waals surface area contributed by atoms with Gasteiger partial charge in [-0.1, -0.05) is 54.6 Å². The maximum absolute atomic E-state index is 13.3. The van der Waals surface area contributed by atoms with E-state index in [0.29, 0.717) is 5.52 Å². The molecule has 1 atom stereocenters. The van der Waals surface area contributed by atoms with Crippen molar-refractivity contribution in [3.63, 3.8) is 0 Å². The smallest absolute Gasteiger partial charge is 0.332 e. The Morgan fingerprint density at radius 3 is 2.24 bits per heavy atom. The average Bonchev–Trinajstić information content (AvgIpc) is 2.92. The van der Waals surface area contributed by atoms with Gasteiger partial charge in [0.25, 0.3) is 5.56 Å². The third-order valence-electron chi connectivity index (χ3n) is 6.07. The van der Waals surface area contributed by atoms with Crippen LogP contribution < -0.4 is 21.9 Å². The van der Waals surface area contributed by atoms with Crippen LogP contribution in [0.25, 0.3) is 22.0 Å². The molecule has 1 aromatic heterocycles. The van der Waals surface area contributed by atoms with Crippen molar-refractivity contribution in [2.45, 2.75) is 30.3 Å². The predicted octanol–water partition coefficient (Wildman–Crippen LogP) is 2.43.